The number of nitrogens with one attached hydrogen (secondary N) is 1. The van der Waals surface area contributed by atoms with Gasteiger partial charge < -0.3 is 10.1 Å². The molecule has 0 bridgehead atoms. The zero-order chi connectivity index (χ0) is 12.4. The first-order valence-electron chi connectivity index (χ1n) is 5.62. The number of carbonyl (C=O) groups excluding carboxylic acids is 1. The van der Waals surface area contributed by atoms with E-state index in [1.54, 1.807) is 18.2 Å². The lowest BCUT2D eigenvalue weighted by Crippen LogP contribution is -2.37. The van der Waals surface area contributed by atoms with Crippen molar-refractivity contribution in [2.24, 2.45) is 5.92 Å². The molecule has 1 aliphatic heterocycles. The van der Waals surface area contributed by atoms with Gasteiger partial charge in [0.2, 0.25) is 0 Å². The summed E-state index contributed by atoms with van der Waals surface area (Å²) in [6.07, 6.45) is 0.251. The third-order valence-corrected chi connectivity index (χ3v) is 2.61. The smallest absolute Gasteiger partial charge is 0.265 e. The minimum Gasteiger partial charge on any atom is -0.478 e. The molecule has 1 unspecified atom stereocenters. The molecule has 1 aliphatic rings. The van der Waals surface area contributed by atoms with Crippen LogP contribution in [0.5, 0.6) is 5.75 Å². The van der Waals surface area contributed by atoms with Gasteiger partial charge in [-0.1, -0.05) is 13.8 Å². The number of hydrogen-bond donors (Lipinski definition) is 1. The zero-order valence-corrected chi connectivity index (χ0v) is 9.86. The van der Waals surface area contributed by atoms with Gasteiger partial charge in [-0.05, 0) is 30.5 Å². The molecule has 0 saturated heterocycles. The predicted octanol–water partition coefficient (Wildman–Crippen LogP) is 2.30. The van der Waals surface area contributed by atoms with E-state index >= 15 is 0 Å². The van der Waals surface area contributed by atoms with Gasteiger partial charge in [0.05, 0.1) is 17.3 Å². The summed E-state index contributed by atoms with van der Waals surface area (Å²) in [6.45, 7) is 4.09. The van der Waals surface area contributed by atoms with E-state index in [9.17, 15) is 4.79 Å². The lowest BCUT2D eigenvalue weighted by Gasteiger charge is -2.26. The van der Waals surface area contributed by atoms with Crippen LogP contribution in [0, 0.1) is 17.2 Å². The van der Waals surface area contributed by atoms with Gasteiger partial charge in [-0.2, -0.15) is 5.26 Å². The summed E-state index contributed by atoms with van der Waals surface area (Å²) in [6, 6.07) is 7.06. The van der Waals surface area contributed by atoms with Gasteiger partial charge in [-0.3, -0.25) is 4.79 Å². The molecule has 0 saturated carbocycles. The second-order valence-corrected chi connectivity index (χ2v) is 4.55. The Morgan fingerprint density at radius 2 is 2.29 bits per heavy atom. The Kier molecular flexibility index (Phi) is 3.01. The minimum atomic E-state index is -0.435. The van der Waals surface area contributed by atoms with Crippen molar-refractivity contribution in [1.29, 1.82) is 5.26 Å². The number of nitriles is 1. The van der Waals surface area contributed by atoms with Crippen LogP contribution in [0.15, 0.2) is 18.2 Å². The highest BCUT2D eigenvalue weighted by Crippen LogP contribution is 2.31. The molecule has 0 aliphatic carbocycles. The molecule has 1 amide bonds. The average molecular weight is 230 g/mol. The van der Waals surface area contributed by atoms with Crippen molar-refractivity contribution in [3.63, 3.8) is 0 Å². The number of hydrogen-bond acceptors (Lipinski definition) is 3. The number of carbonyl (C=O) groups is 1. The van der Waals surface area contributed by atoms with Crippen molar-refractivity contribution in [2.45, 2.75) is 26.4 Å². The monoisotopic (exact) mass is 230 g/mol. The van der Waals surface area contributed by atoms with E-state index in [0.29, 0.717) is 29.3 Å². The Morgan fingerprint density at radius 1 is 1.53 bits per heavy atom. The zero-order valence-electron chi connectivity index (χ0n) is 9.86. The molecule has 17 heavy (non-hydrogen) atoms. The van der Waals surface area contributed by atoms with Crippen LogP contribution in [0.25, 0.3) is 0 Å². The average Bonchev–Trinajstić information content (AvgIpc) is 2.29. The second-order valence-electron chi connectivity index (χ2n) is 4.55. The van der Waals surface area contributed by atoms with Gasteiger partial charge in [0.25, 0.3) is 5.91 Å². The van der Waals surface area contributed by atoms with Crippen LogP contribution < -0.4 is 10.1 Å². The van der Waals surface area contributed by atoms with E-state index in [4.69, 9.17) is 10.00 Å². The molecule has 4 nitrogen and oxygen atoms in total. The first-order chi connectivity index (χ1) is 8.10. The summed E-state index contributed by atoms with van der Waals surface area (Å²) in [7, 11) is 0. The van der Waals surface area contributed by atoms with Crippen LogP contribution in [0.4, 0.5) is 5.69 Å². The Hall–Kier alpha value is -2.02. The van der Waals surface area contributed by atoms with Crippen LogP contribution in [0.3, 0.4) is 0 Å². The molecule has 1 heterocycles. The van der Waals surface area contributed by atoms with Gasteiger partial charge in [0.1, 0.15) is 5.75 Å². The SMILES string of the molecule is CC(C)CC1Oc2ccc(C#N)cc2NC1=O. The van der Waals surface area contributed by atoms with Crippen LogP contribution in [-0.4, -0.2) is 12.0 Å². The van der Waals surface area contributed by atoms with Crippen molar-refractivity contribution in [3.05, 3.63) is 23.8 Å². The number of fused-ring (bicyclic) bond motifs is 1. The highest BCUT2D eigenvalue weighted by atomic mass is 16.5. The molecule has 1 aromatic rings. The molecule has 0 spiro atoms. The molecular formula is C13H14N2O2. The predicted molar refractivity (Wildman–Crippen MR) is 63.7 cm³/mol. The number of ether oxygens (including phenoxy) is 1. The van der Waals surface area contributed by atoms with Crippen molar-refractivity contribution >= 4 is 11.6 Å². The minimum absolute atomic E-state index is 0.138. The molecule has 1 atom stereocenters. The molecule has 0 radical (unpaired) electrons. The van der Waals surface area contributed by atoms with Crippen molar-refractivity contribution in [2.75, 3.05) is 5.32 Å². The van der Waals surface area contributed by atoms with Gasteiger partial charge in [-0.15, -0.1) is 0 Å². The van der Waals surface area contributed by atoms with Crippen LogP contribution in [-0.2, 0) is 4.79 Å². The summed E-state index contributed by atoms with van der Waals surface area (Å²) >= 11 is 0. The highest BCUT2D eigenvalue weighted by Gasteiger charge is 2.28. The third kappa shape index (κ3) is 2.39. The topological polar surface area (TPSA) is 62.1 Å². The molecule has 4 heteroatoms. The van der Waals surface area contributed by atoms with Crippen LogP contribution >= 0.6 is 0 Å². The number of benzene rings is 1. The summed E-state index contributed by atoms with van der Waals surface area (Å²) in [5, 5.41) is 11.5. The summed E-state index contributed by atoms with van der Waals surface area (Å²) in [5.74, 6) is 0.890. The Bertz CT molecular complexity index is 489. The molecule has 2 rings (SSSR count). The fraction of sp³-hybridized carbons (Fsp3) is 0.385. The Morgan fingerprint density at radius 3 is 2.94 bits per heavy atom. The third-order valence-electron chi connectivity index (χ3n) is 2.61. The standard InChI is InChI=1S/C13H14N2O2/c1-8(2)5-12-13(16)15-10-6-9(7-14)3-4-11(10)17-12/h3-4,6,8,12H,5H2,1-2H3,(H,15,16). The number of rotatable bonds is 2. The largest absolute Gasteiger partial charge is 0.478 e. The molecule has 1 aromatic carbocycles. The lowest BCUT2D eigenvalue weighted by molar-refractivity contribution is -0.124. The Labute approximate surface area is 100 Å². The fourth-order valence-electron chi connectivity index (χ4n) is 1.80. The van der Waals surface area contributed by atoms with E-state index in [1.165, 1.54) is 0 Å². The quantitative estimate of drug-likeness (QED) is 0.847. The summed E-state index contributed by atoms with van der Waals surface area (Å²) in [5.41, 5.74) is 1.09. The van der Waals surface area contributed by atoms with Gasteiger partial charge in [-0.25, -0.2) is 0 Å². The van der Waals surface area contributed by atoms with Crippen molar-refractivity contribution in [1.82, 2.24) is 0 Å². The van der Waals surface area contributed by atoms with Gasteiger partial charge >= 0.3 is 0 Å². The van der Waals surface area contributed by atoms with Crippen molar-refractivity contribution < 1.29 is 9.53 Å². The van der Waals surface area contributed by atoms with E-state index in [2.05, 4.69) is 5.32 Å². The molecular weight excluding hydrogens is 216 g/mol. The maximum Gasteiger partial charge on any atom is 0.265 e. The van der Waals surface area contributed by atoms with E-state index in [0.717, 1.165) is 0 Å². The van der Waals surface area contributed by atoms with Gasteiger partial charge in [0.15, 0.2) is 6.10 Å². The number of amides is 1. The molecule has 0 fully saturated rings. The fourth-order valence-corrected chi connectivity index (χ4v) is 1.80. The summed E-state index contributed by atoms with van der Waals surface area (Å²) < 4.78 is 5.63. The summed E-state index contributed by atoms with van der Waals surface area (Å²) in [4.78, 5) is 11.8. The van der Waals surface area contributed by atoms with E-state index in [-0.39, 0.29) is 5.91 Å². The van der Waals surface area contributed by atoms with E-state index < -0.39 is 6.10 Å². The maximum atomic E-state index is 11.8. The number of nitrogens with zero attached hydrogens (tertiary/aromatic N) is 1. The first-order valence-corrected chi connectivity index (χ1v) is 5.62. The normalized spacial score (nSPS) is 18.0. The second kappa shape index (κ2) is 4.46. The Balaban J connectivity index is 2.24. The molecule has 88 valence electrons. The molecule has 0 aromatic heterocycles. The lowest BCUT2D eigenvalue weighted by atomic mass is 10.0. The first kappa shape index (κ1) is 11.5. The van der Waals surface area contributed by atoms with Gasteiger partial charge in [0, 0.05) is 0 Å². The van der Waals surface area contributed by atoms with E-state index in [1.807, 2.05) is 19.9 Å². The maximum absolute atomic E-state index is 11.8. The van der Waals surface area contributed by atoms with Crippen LogP contribution in [0.1, 0.15) is 25.8 Å². The van der Waals surface area contributed by atoms with Crippen molar-refractivity contribution in [3.8, 4) is 11.8 Å². The number of anilines is 1. The molecule has 1 N–H and O–H groups in total. The van der Waals surface area contributed by atoms with Crippen LogP contribution in [0.2, 0.25) is 0 Å². The highest BCUT2D eigenvalue weighted by molar-refractivity contribution is 5.97.